The quantitative estimate of drug-likeness (QED) is 0.533. The lowest BCUT2D eigenvalue weighted by Gasteiger charge is -2.08. The van der Waals surface area contributed by atoms with E-state index in [0.29, 0.717) is 17.0 Å². The van der Waals surface area contributed by atoms with Crippen molar-refractivity contribution < 1.29 is 0 Å². The molecule has 0 radical (unpaired) electrons. The molecule has 0 aliphatic rings. The number of hydrogen-bond acceptors (Lipinski definition) is 4. The van der Waals surface area contributed by atoms with Crippen LogP contribution in [-0.4, -0.2) is 30.0 Å². The molecule has 0 spiro atoms. The Kier molecular flexibility index (Phi) is 4.68. The summed E-state index contributed by atoms with van der Waals surface area (Å²) in [5.41, 5.74) is 5.38. The zero-order valence-electron chi connectivity index (χ0n) is 15.3. The van der Waals surface area contributed by atoms with E-state index in [-0.39, 0.29) is 0 Å². The molecule has 0 saturated heterocycles. The second kappa shape index (κ2) is 7.28. The molecule has 2 aromatic heterocycles. The first-order valence-electron chi connectivity index (χ1n) is 8.88. The Morgan fingerprint density at radius 2 is 1.96 bits per heavy atom. The molecule has 0 amide bonds. The van der Waals surface area contributed by atoms with E-state index in [2.05, 4.69) is 64.7 Å². The van der Waals surface area contributed by atoms with Gasteiger partial charge in [0.1, 0.15) is 4.64 Å². The number of hydrogen-bond donors (Lipinski definition) is 1. The third kappa shape index (κ3) is 3.46. The predicted molar refractivity (Wildman–Crippen MR) is 107 cm³/mol. The van der Waals surface area contributed by atoms with Crippen molar-refractivity contribution in [1.82, 2.24) is 30.0 Å². The maximum atomic E-state index is 5.67. The lowest BCUT2D eigenvalue weighted by Crippen LogP contribution is -2.04. The van der Waals surface area contributed by atoms with E-state index in [9.17, 15) is 0 Å². The van der Waals surface area contributed by atoms with Crippen LogP contribution in [0, 0.1) is 11.6 Å². The summed E-state index contributed by atoms with van der Waals surface area (Å²) in [6.45, 7) is 4.77. The topological polar surface area (TPSA) is 64.3 Å². The maximum absolute atomic E-state index is 5.67. The Bertz CT molecular complexity index is 1140. The first-order chi connectivity index (χ1) is 13.2. The Hall–Kier alpha value is -3.06. The van der Waals surface area contributed by atoms with E-state index in [1.807, 2.05) is 29.1 Å². The van der Waals surface area contributed by atoms with Crippen LogP contribution >= 0.6 is 12.2 Å². The molecular formula is C20H20N6S. The number of para-hydroxylation sites is 1. The summed E-state index contributed by atoms with van der Waals surface area (Å²) in [5, 5.41) is 16.1. The van der Waals surface area contributed by atoms with Crippen LogP contribution in [0.3, 0.4) is 0 Å². The van der Waals surface area contributed by atoms with Crippen molar-refractivity contribution in [3.05, 3.63) is 76.1 Å². The van der Waals surface area contributed by atoms with Gasteiger partial charge >= 0.3 is 0 Å². The van der Waals surface area contributed by atoms with Crippen LogP contribution in [-0.2, 0) is 13.0 Å². The number of rotatable bonds is 5. The van der Waals surface area contributed by atoms with Crippen molar-refractivity contribution in [2.24, 2.45) is 0 Å². The number of H-pyrrole nitrogens is 1. The van der Waals surface area contributed by atoms with Crippen molar-refractivity contribution in [1.29, 1.82) is 0 Å². The molecule has 136 valence electrons. The van der Waals surface area contributed by atoms with Gasteiger partial charge in [0.05, 0.1) is 17.8 Å². The number of nitrogens with one attached hydrogen (secondary N) is 1. The smallest absolute Gasteiger partial charge is 0.209 e. The number of benzene rings is 2. The van der Waals surface area contributed by atoms with Gasteiger partial charge in [0.15, 0.2) is 0 Å². The van der Waals surface area contributed by atoms with Crippen LogP contribution in [0.15, 0.2) is 54.7 Å². The second-order valence-corrected chi connectivity index (χ2v) is 6.83. The Morgan fingerprint density at radius 1 is 1.11 bits per heavy atom. The molecule has 4 rings (SSSR count). The SMILES string of the molecule is CCc1ccccc1-n1[nH]cc(-c2nnn(Cc3cccc(C)c3)n2)c1=S. The lowest BCUT2D eigenvalue weighted by molar-refractivity contribution is 0.572. The summed E-state index contributed by atoms with van der Waals surface area (Å²) in [6, 6.07) is 16.5. The van der Waals surface area contributed by atoms with E-state index in [1.165, 1.54) is 11.1 Å². The number of aromatic amines is 1. The van der Waals surface area contributed by atoms with Crippen LogP contribution in [0.1, 0.15) is 23.6 Å². The molecule has 0 aliphatic heterocycles. The standard InChI is InChI=1S/C20H20N6S/c1-3-16-9-4-5-10-18(16)26-20(27)17(12-21-26)19-22-24-25(23-19)13-15-8-6-7-14(2)11-15/h4-12,21H,3,13H2,1-2H3. The van der Waals surface area contributed by atoms with Gasteiger partial charge in [-0.2, -0.15) is 4.80 Å². The number of aryl methyl sites for hydroxylation is 2. The molecule has 2 heterocycles. The first kappa shape index (κ1) is 17.4. The van der Waals surface area contributed by atoms with Crippen molar-refractivity contribution in [2.75, 3.05) is 0 Å². The highest BCUT2D eigenvalue weighted by atomic mass is 32.1. The molecule has 0 fully saturated rings. The molecule has 0 bridgehead atoms. The largest absolute Gasteiger partial charge is 0.299 e. The molecule has 1 N–H and O–H groups in total. The highest BCUT2D eigenvalue weighted by Gasteiger charge is 2.13. The van der Waals surface area contributed by atoms with Crippen LogP contribution < -0.4 is 0 Å². The maximum Gasteiger partial charge on any atom is 0.209 e. The average molecular weight is 376 g/mol. The highest BCUT2D eigenvalue weighted by Crippen LogP contribution is 2.21. The number of nitrogens with zero attached hydrogens (tertiary/aromatic N) is 5. The van der Waals surface area contributed by atoms with Crippen molar-refractivity contribution in [3.8, 4) is 17.1 Å². The average Bonchev–Trinajstić information content (AvgIpc) is 3.28. The van der Waals surface area contributed by atoms with E-state index < -0.39 is 0 Å². The van der Waals surface area contributed by atoms with E-state index in [1.54, 1.807) is 4.80 Å². The third-order valence-corrected chi connectivity index (χ3v) is 4.89. The van der Waals surface area contributed by atoms with Gasteiger partial charge in [-0.05, 0) is 35.8 Å². The summed E-state index contributed by atoms with van der Waals surface area (Å²) in [4.78, 5) is 1.59. The molecule has 7 heteroatoms. The monoisotopic (exact) mass is 376 g/mol. The fourth-order valence-electron chi connectivity index (χ4n) is 3.13. The Balaban J connectivity index is 1.65. The second-order valence-electron chi connectivity index (χ2n) is 6.44. The fourth-order valence-corrected chi connectivity index (χ4v) is 3.43. The van der Waals surface area contributed by atoms with Crippen LogP contribution in [0.25, 0.3) is 17.1 Å². The number of tetrazole rings is 1. The normalized spacial score (nSPS) is 11.0. The van der Waals surface area contributed by atoms with Gasteiger partial charge in [0.25, 0.3) is 0 Å². The van der Waals surface area contributed by atoms with Crippen LogP contribution in [0.4, 0.5) is 0 Å². The van der Waals surface area contributed by atoms with Crippen molar-refractivity contribution >= 4 is 12.2 Å². The van der Waals surface area contributed by atoms with E-state index >= 15 is 0 Å². The fraction of sp³-hybridized carbons (Fsp3) is 0.200. The van der Waals surface area contributed by atoms with Gasteiger partial charge in [-0.3, -0.25) is 5.10 Å². The summed E-state index contributed by atoms with van der Waals surface area (Å²) < 4.78 is 2.54. The minimum atomic E-state index is 0.525. The van der Waals surface area contributed by atoms with Gasteiger partial charge in [-0.25, -0.2) is 4.68 Å². The third-order valence-electron chi connectivity index (χ3n) is 4.49. The van der Waals surface area contributed by atoms with Gasteiger partial charge in [-0.1, -0.05) is 67.2 Å². The molecule has 0 saturated carbocycles. The zero-order chi connectivity index (χ0) is 18.8. The Labute approximate surface area is 162 Å². The minimum absolute atomic E-state index is 0.525. The molecule has 2 aromatic carbocycles. The minimum Gasteiger partial charge on any atom is -0.299 e. The lowest BCUT2D eigenvalue weighted by atomic mass is 10.1. The highest BCUT2D eigenvalue weighted by molar-refractivity contribution is 7.71. The summed E-state index contributed by atoms with van der Waals surface area (Å²) in [6.07, 6.45) is 2.76. The predicted octanol–water partition coefficient (Wildman–Crippen LogP) is 4.11. The first-order valence-corrected chi connectivity index (χ1v) is 9.29. The van der Waals surface area contributed by atoms with E-state index in [4.69, 9.17) is 12.2 Å². The molecule has 0 atom stereocenters. The summed E-state index contributed by atoms with van der Waals surface area (Å²) in [7, 11) is 0. The molecule has 4 aromatic rings. The van der Waals surface area contributed by atoms with Gasteiger partial charge in [0.2, 0.25) is 5.82 Å². The van der Waals surface area contributed by atoms with Crippen LogP contribution in [0.2, 0.25) is 0 Å². The van der Waals surface area contributed by atoms with Gasteiger partial charge in [0, 0.05) is 6.20 Å². The van der Waals surface area contributed by atoms with Crippen LogP contribution in [0.5, 0.6) is 0 Å². The molecule has 6 nitrogen and oxygen atoms in total. The molecule has 0 unspecified atom stereocenters. The van der Waals surface area contributed by atoms with Crippen molar-refractivity contribution in [3.63, 3.8) is 0 Å². The van der Waals surface area contributed by atoms with Gasteiger partial charge < -0.3 is 0 Å². The summed E-state index contributed by atoms with van der Waals surface area (Å²) in [5.74, 6) is 0.525. The molecular weight excluding hydrogens is 356 g/mol. The Morgan fingerprint density at radius 3 is 2.78 bits per heavy atom. The zero-order valence-corrected chi connectivity index (χ0v) is 16.1. The number of aromatic nitrogens is 6. The van der Waals surface area contributed by atoms with Crippen molar-refractivity contribution in [2.45, 2.75) is 26.8 Å². The summed E-state index contributed by atoms with van der Waals surface area (Å²) >= 11 is 5.67. The van der Waals surface area contributed by atoms with Gasteiger partial charge in [-0.15, -0.1) is 10.2 Å². The molecule has 0 aliphatic carbocycles. The van der Waals surface area contributed by atoms with E-state index in [0.717, 1.165) is 23.2 Å². The molecule has 27 heavy (non-hydrogen) atoms.